The van der Waals surface area contributed by atoms with Crippen molar-refractivity contribution in [1.29, 1.82) is 0 Å². The number of carbonyl (C=O) groups is 2. The lowest BCUT2D eigenvalue weighted by Gasteiger charge is -2.27. The minimum atomic E-state index is -0.762. The Morgan fingerprint density at radius 1 is 0.950 bits per heavy atom. The lowest BCUT2D eigenvalue weighted by Crippen LogP contribution is -2.29. The van der Waals surface area contributed by atoms with Crippen molar-refractivity contribution in [3.8, 4) is 5.75 Å². The van der Waals surface area contributed by atoms with Gasteiger partial charge in [-0.1, -0.05) is 50.6 Å². The first kappa shape index (κ1) is 27.5. The highest BCUT2D eigenvalue weighted by atomic mass is 16.5. The second kappa shape index (κ2) is 10.8. The Balaban J connectivity index is 1.65. The maximum Gasteiger partial charge on any atom is 0.300 e. The smallest absolute Gasteiger partial charge is 0.300 e. The van der Waals surface area contributed by atoms with Gasteiger partial charge in [0.1, 0.15) is 11.5 Å². The summed E-state index contributed by atoms with van der Waals surface area (Å²) < 4.78 is 5.86. The molecule has 2 aliphatic heterocycles. The molecule has 2 saturated heterocycles. The maximum atomic E-state index is 13.7. The van der Waals surface area contributed by atoms with Gasteiger partial charge in [-0.05, 0) is 80.1 Å². The molecule has 0 aromatic heterocycles. The van der Waals surface area contributed by atoms with E-state index in [2.05, 4.69) is 25.7 Å². The molecule has 1 amide bonds. The van der Waals surface area contributed by atoms with Crippen LogP contribution in [0.15, 0.2) is 72.3 Å². The van der Waals surface area contributed by atoms with Gasteiger partial charge in [0.05, 0.1) is 18.2 Å². The first-order valence-corrected chi connectivity index (χ1v) is 14.1. The molecular weight excluding hydrogens is 500 g/mol. The molecule has 0 radical (unpaired) electrons. The number of aliphatic hydroxyl groups excluding tert-OH is 1. The Kier molecular flexibility index (Phi) is 7.45. The zero-order chi connectivity index (χ0) is 28.6. The largest absolute Gasteiger partial charge is 0.507 e. The molecule has 6 nitrogen and oxygen atoms in total. The van der Waals surface area contributed by atoms with Gasteiger partial charge in [-0.3, -0.25) is 14.5 Å². The van der Waals surface area contributed by atoms with Crippen molar-refractivity contribution in [2.75, 3.05) is 29.5 Å². The average molecular weight is 539 g/mol. The number of Topliss-reactive ketones (excluding diaryl/α,β-unsaturated/α-hetero) is 1. The molecule has 5 rings (SSSR count). The van der Waals surface area contributed by atoms with Crippen LogP contribution in [0, 0.1) is 6.92 Å². The van der Waals surface area contributed by atoms with Crippen LogP contribution >= 0.6 is 0 Å². The van der Waals surface area contributed by atoms with Crippen LogP contribution in [0.1, 0.15) is 68.8 Å². The van der Waals surface area contributed by atoms with Crippen LogP contribution < -0.4 is 14.5 Å². The third-order valence-electron chi connectivity index (χ3n) is 7.76. The number of hydrogen-bond acceptors (Lipinski definition) is 5. The summed E-state index contributed by atoms with van der Waals surface area (Å²) in [6, 6.07) is 20.3. The highest BCUT2D eigenvalue weighted by Crippen LogP contribution is 2.43. The van der Waals surface area contributed by atoms with Crippen molar-refractivity contribution in [3.05, 3.63) is 94.6 Å². The van der Waals surface area contributed by atoms with Crippen molar-refractivity contribution < 1.29 is 19.4 Å². The number of ether oxygens (including phenoxy) is 1. The van der Waals surface area contributed by atoms with E-state index in [1.54, 1.807) is 6.07 Å². The van der Waals surface area contributed by atoms with Crippen LogP contribution in [-0.2, 0) is 15.0 Å². The van der Waals surface area contributed by atoms with Gasteiger partial charge in [-0.15, -0.1) is 0 Å². The van der Waals surface area contributed by atoms with E-state index in [9.17, 15) is 14.7 Å². The van der Waals surface area contributed by atoms with Crippen LogP contribution in [0.2, 0.25) is 0 Å². The fraction of sp³-hybridized carbons (Fsp3) is 0.353. The first-order chi connectivity index (χ1) is 19.1. The third-order valence-corrected chi connectivity index (χ3v) is 7.76. The minimum Gasteiger partial charge on any atom is -0.507 e. The molecule has 1 N–H and O–H groups in total. The first-order valence-electron chi connectivity index (χ1n) is 14.1. The van der Waals surface area contributed by atoms with E-state index < -0.39 is 17.7 Å². The number of nitrogens with zero attached hydrogens (tertiary/aromatic N) is 2. The van der Waals surface area contributed by atoms with Crippen molar-refractivity contribution >= 4 is 28.8 Å². The highest BCUT2D eigenvalue weighted by Gasteiger charge is 2.47. The summed E-state index contributed by atoms with van der Waals surface area (Å²) in [6.07, 6.45) is 2.35. The molecule has 2 aliphatic rings. The van der Waals surface area contributed by atoms with Crippen LogP contribution in [-0.4, -0.2) is 36.5 Å². The Morgan fingerprint density at radius 3 is 2.25 bits per heavy atom. The van der Waals surface area contributed by atoms with Crippen molar-refractivity contribution in [3.63, 3.8) is 0 Å². The number of ketones is 1. The Morgan fingerprint density at radius 2 is 1.62 bits per heavy atom. The molecule has 0 saturated carbocycles. The second-order valence-corrected chi connectivity index (χ2v) is 11.7. The Bertz CT molecular complexity index is 1460. The molecule has 2 fully saturated rings. The second-order valence-electron chi connectivity index (χ2n) is 11.7. The molecular formula is C34H38N2O4. The minimum absolute atomic E-state index is 0.0863. The summed E-state index contributed by atoms with van der Waals surface area (Å²) in [5.74, 6) is -0.794. The predicted octanol–water partition coefficient (Wildman–Crippen LogP) is 6.92. The van der Waals surface area contributed by atoms with E-state index in [-0.39, 0.29) is 16.7 Å². The summed E-state index contributed by atoms with van der Waals surface area (Å²) in [5.41, 5.74) is 4.72. The Labute approximate surface area is 236 Å². The number of hydrogen-bond donors (Lipinski definition) is 1. The number of carbonyl (C=O) groups excluding carboxylic acids is 2. The number of aliphatic hydroxyl groups is 1. The Hall–Kier alpha value is -4.06. The standard InChI is InChI=1S/C34H38N2O4/c1-6-40-28-17-12-24(21-27(28)34(3,4)5)31(37)29-30(23-11-9-10-22(2)20-23)36(33(39)32(29)38)26-15-13-25(14-16-26)35-18-7-8-19-35/h9-17,20-21,30,37H,6-8,18-19H2,1-5H3/b31-29-. The molecule has 208 valence electrons. The van der Waals surface area contributed by atoms with Crippen molar-refractivity contribution in [2.45, 2.75) is 58.9 Å². The van der Waals surface area contributed by atoms with E-state index in [1.807, 2.05) is 74.5 Å². The quantitative estimate of drug-likeness (QED) is 0.210. The predicted molar refractivity (Wildman–Crippen MR) is 160 cm³/mol. The van der Waals surface area contributed by atoms with Gasteiger partial charge < -0.3 is 14.7 Å². The SMILES string of the molecule is CCOc1ccc(/C(O)=C2/C(=O)C(=O)N(c3ccc(N4CCCC4)cc3)C2c2cccc(C)c2)cc1C(C)(C)C. The van der Waals surface area contributed by atoms with Gasteiger partial charge in [0, 0.05) is 35.6 Å². The topological polar surface area (TPSA) is 70.1 Å². The molecule has 1 unspecified atom stereocenters. The van der Waals surface area contributed by atoms with E-state index in [0.29, 0.717) is 17.9 Å². The van der Waals surface area contributed by atoms with E-state index in [4.69, 9.17) is 4.74 Å². The number of anilines is 2. The van der Waals surface area contributed by atoms with Gasteiger partial charge >= 0.3 is 0 Å². The molecule has 3 aromatic carbocycles. The van der Waals surface area contributed by atoms with E-state index in [0.717, 1.165) is 41.2 Å². The van der Waals surface area contributed by atoms with Crippen LogP contribution in [0.5, 0.6) is 5.75 Å². The van der Waals surface area contributed by atoms with Gasteiger partial charge in [0.2, 0.25) is 0 Å². The molecule has 0 spiro atoms. The van der Waals surface area contributed by atoms with Crippen LogP contribution in [0.4, 0.5) is 11.4 Å². The fourth-order valence-electron chi connectivity index (χ4n) is 5.75. The highest BCUT2D eigenvalue weighted by molar-refractivity contribution is 6.51. The number of benzene rings is 3. The fourth-order valence-corrected chi connectivity index (χ4v) is 5.75. The maximum absolute atomic E-state index is 13.7. The third kappa shape index (κ3) is 5.10. The number of rotatable bonds is 6. The van der Waals surface area contributed by atoms with Gasteiger partial charge in [0.25, 0.3) is 11.7 Å². The molecule has 6 heteroatoms. The number of amides is 1. The summed E-state index contributed by atoms with van der Waals surface area (Å²) in [5, 5.41) is 11.7. The van der Waals surface area contributed by atoms with Crippen LogP contribution in [0.25, 0.3) is 5.76 Å². The molecule has 40 heavy (non-hydrogen) atoms. The molecule has 0 aliphatic carbocycles. The zero-order valence-electron chi connectivity index (χ0n) is 24.0. The molecule has 2 heterocycles. The van der Waals surface area contributed by atoms with E-state index in [1.165, 1.54) is 17.7 Å². The summed E-state index contributed by atoms with van der Waals surface area (Å²) in [6.45, 7) is 12.7. The molecule has 3 aromatic rings. The van der Waals surface area contributed by atoms with Crippen molar-refractivity contribution in [2.24, 2.45) is 0 Å². The normalized spacial score (nSPS) is 19.0. The van der Waals surface area contributed by atoms with E-state index >= 15 is 0 Å². The lowest BCUT2D eigenvalue weighted by atomic mass is 9.84. The van der Waals surface area contributed by atoms with Gasteiger partial charge in [0.15, 0.2) is 0 Å². The van der Waals surface area contributed by atoms with Gasteiger partial charge in [-0.25, -0.2) is 0 Å². The summed E-state index contributed by atoms with van der Waals surface area (Å²) in [7, 11) is 0. The van der Waals surface area contributed by atoms with Crippen LogP contribution in [0.3, 0.4) is 0 Å². The average Bonchev–Trinajstić information content (AvgIpc) is 3.55. The monoisotopic (exact) mass is 538 g/mol. The molecule has 1 atom stereocenters. The summed E-state index contributed by atoms with van der Waals surface area (Å²) in [4.78, 5) is 31.1. The summed E-state index contributed by atoms with van der Waals surface area (Å²) >= 11 is 0. The molecule has 0 bridgehead atoms. The number of aryl methyl sites for hydroxylation is 1. The van der Waals surface area contributed by atoms with Crippen molar-refractivity contribution in [1.82, 2.24) is 0 Å². The lowest BCUT2D eigenvalue weighted by molar-refractivity contribution is -0.132. The van der Waals surface area contributed by atoms with Gasteiger partial charge in [-0.2, -0.15) is 0 Å². The zero-order valence-corrected chi connectivity index (χ0v) is 24.0.